The van der Waals surface area contributed by atoms with E-state index >= 15 is 0 Å². The molecule has 0 aliphatic carbocycles. The molecular formula is C25H27Cl2N3O7S. The number of aromatic nitrogens is 1. The van der Waals surface area contributed by atoms with E-state index in [9.17, 15) is 18.0 Å². The second-order valence-electron chi connectivity index (χ2n) is 8.77. The highest BCUT2D eigenvalue weighted by Gasteiger charge is 2.39. The average Bonchev–Trinajstić information content (AvgIpc) is 3.22. The van der Waals surface area contributed by atoms with Gasteiger partial charge >= 0.3 is 11.9 Å². The zero-order chi connectivity index (χ0) is 28.0. The molecule has 0 saturated carbocycles. The van der Waals surface area contributed by atoms with Crippen molar-refractivity contribution < 1.29 is 32.0 Å². The molecule has 1 aromatic heterocycles. The van der Waals surface area contributed by atoms with Crippen LogP contribution >= 0.6 is 23.2 Å². The van der Waals surface area contributed by atoms with Gasteiger partial charge < -0.3 is 19.3 Å². The highest BCUT2D eigenvalue weighted by atomic mass is 35.5. The summed E-state index contributed by atoms with van der Waals surface area (Å²) in [5.74, 6) is -2.99. The van der Waals surface area contributed by atoms with Crippen LogP contribution in [-0.2, 0) is 29.1 Å². The smallest absolute Gasteiger partial charge is 0.323 e. The Morgan fingerprint density at radius 1 is 0.895 bits per heavy atom. The second kappa shape index (κ2) is 12.5. The molecule has 0 aliphatic rings. The number of nitrogens with zero attached hydrogens (tertiary/aromatic N) is 1. The molecule has 13 heteroatoms. The molecule has 0 spiro atoms. The van der Waals surface area contributed by atoms with E-state index < -0.39 is 46.1 Å². The van der Waals surface area contributed by atoms with E-state index in [4.69, 9.17) is 32.7 Å². The lowest BCUT2D eigenvalue weighted by atomic mass is 9.92. The minimum Gasteiger partial charge on any atom is -0.462 e. The molecule has 3 aromatic rings. The van der Waals surface area contributed by atoms with Crippen LogP contribution in [0, 0.1) is 5.92 Å². The molecule has 0 radical (unpaired) electrons. The van der Waals surface area contributed by atoms with E-state index in [-0.39, 0.29) is 15.9 Å². The zero-order valence-corrected chi connectivity index (χ0v) is 23.3. The maximum Gasteiger partial charge on any atom is 0.323 e. The summed E-state index contributed by atoms with van der Waals surface area (Å²) < 4.78 is 43.1. The van der Waals surface area contributed by atoms with Crippen LogP contribution in [0.5, 0.6) is 0 Å². The van der Waals surface area contributed by atoms with E-state index in [1.54, 1.807) is 52.0 Å². The van der Waals surface area contributed by atoms with Crippen LogP contribution in [0.25, 0.3) is 0 Å². The number of carbonyl (C=O) groups excluding carboxylic acids is 2. The lowest BCUT2D eigenvalue weighted by Crippen LogP contribution is -2.38. The number of nitrogens with one attached hydrogen (secondary N) is 2. The van der Waals surface area contributed by atoms with Gasteiger partial charge in [-0.2, -0.15) is 0 Å². The van der Waals surface area contributed by atoms with Crippen molar-refractivity contribution in [2.75, 3.05) is 10.0 Å². The number of hydrogen-bond donors (Lipinski definition) is 2. The van der Waals surface area contributed by atoms with Crippen molar-refractivity contribution >= 4 is 56.7 Å². The minimum atomic E-state index is -3.99. The Bertz CT molecular complexity index is 1340. The SMILES string of the molecule is CC(C)OC(=O)C(C(=O)OC(C)C)C(Nc1ccc(S(=O)(=O)Nc2cc(Cl)on2)cc1)c1ccc(Cl)cc1. The lowest BCUT2D eigenvalue weighted by Gasteiger charge is -2.28. The van der Waals surface area contributed by atoms with Crippen molar-refractivity contribution in [1.29, 1.82) is 0 Å². The molecule has 1 heterocycles. The molecule has 10 nitrogen and oxygen atoms in total. The minimum absolute atomic E-state index is 0.0693. The molecule has 0 bridgehead atoms. The number of halogens is 2. The largest absolute Gasteiger partial charge is 0.462 e. The van der Waals surface area contributed by atoms with Gasteiger partial charge in [-0.25, -0.2) is 8.42 Å². The third kappa shape index (κ3) is 7.86. The number of hydrogen-bond acceptors (Lipinski definition) is 9. The summed E-state index contributed by atoms with van der Waals surface area (Å²) in [5, 5.41) is 7.05. The first-order valence-corrected chi connectivity index (χ1v) is 13.8. The van der Waals surface area contributed by atoms with Crippen LogP contribution in [0.3, 0.4) is 0 Å². The number of sulfonamides is 1. The molecule has 0 fully saturated rings. The summed E-state index contributed by atoms with van der Waals surface area (Å²) in [6.07, 6.45) is -0.946. The predicted octanol–water partition coefficient (Wildman–Crippen LogP) is 5.45. The first-order valence-electron chi connectivity index (χ1n) is 11.5. The van der Waals surface area contributed by atoms with E-state index in [0.29, 0.717) is 16.3 Å². The fourth-order valence-corrected chi connectivity index (χ4v) is 4.66. The van der Waals surface area contributed by atoms with E-state index in [0.717, 1.165) is 0 Å². The van der Waals surface area contributed by atoms with Crippen molar-refractivity contribution in [3.8, 4) is 0 Å². The molecule has 0 saturated heterocycles. The quantitative estimate of drug-likeness (QED) is 0.223. The van der Waals surface area contributed by atoms with Crippen molar-refractivity contribution in [2.45, 2.75) is 50.8 Å². The van der Waals surface area contributed by atoms with Crippen LogP contribution < -0.4 is 10.0 Å². The van der Waals surface area contributed by atoms with Crippen LogP contribution in [0.15, 0.2) is 64.0 Å². The highest BCUT2D eigenvalue weighted by Crippen LogP contribution is 2.31. The normalized spacial score (nSPS) is 12.4. The van der Waals surface area contributed by atoms with Gasteiger partial charge in [0, 0.05) is 16.8 Å². The molecule has 38 heavy (non-hydrogen) atoms. The van der Waals surface area contributed by atoms with Crippen LogP contribution in [-0.4, -0.2) is 37.7 Å². The molecule has 3 rings (SSSR count). The highest BCUT2D eigenvalue weighted by molar-refractivity contribution is 7.92. The third-order valence-electron chi connectivity index (χ3n) is 4.98. The van der Waals surface area contributed by atoms with Crippen molar-refractivity contribution in [2.24, 2.45) is 5.92 Å². The summed E-state index contributed by atoms with van der Waals surface area (Å²) in [6.45, 7) is 6.70. The molecular weight excluding hydrogens is 557 g/mol. The molecule has 2 N–H and O–H groups in total. The van der Waals surface area contributed by atoms with Crippen molar-refractivity contribution in [1.82, 2.24) is 5.16 Å². The van der Waals surface area contributed by atoms with Gasteiger partial charge in [0.1, 0.15) is 0 Å². The Kier molecular flexibility index (Phi) is 9.64. The molecule has 204 valence electrons. The number of esters is 2. The predicted molar refractivity (Wildman–Crippen MR) is 143 cm³/mol. The lowest BCUT2D eigenvalue weighted by molar-refractivity contribution is -0.167. The summed E-state index contributed by atoms with van der Waals surface area (Å²) in [5.41, 5.74) is 0.982. The van der Waals surface area contributed by atoms with Gasteiger partial charge in [-0.05, 0) is 81.3 Å². The van der Waals surface area contributed by atoms with Crippen molar-refractivity contribution in [3.63, 3.8) is 0 Å². The van der Waals surface area contributed by atoms with Crippen LogP contribution in [0.2, 0.25) is 10.2 Å². The molecule has 1 atom stereocenters. The topological polar surface area (TPSA) is 137 Å². The summed E-state index contributed by atoms with van der Waals surface area (Å²) in [4.78, 5) is 26.2. The molecule has 1 unspecified atom stereocenters. The summed E-state index contributed by atoms with van der Waals surface area (Å²) in [6, 6.07) is 12.6. The third-order valence-corrected chi connectivity index (χ3v) is 6.78. The fourth-order valence-electron chi connectivity index (χ4n) is 3.42. The second-order valence-corrected chi connectivity index (χ2v) is 11.3. The number of rotatable bonds is 11. The number of ether oxygens (including phenoxy) is 2. The van der Waals surface area contributed by atoms with Gasteiger partial charge in [-0.1, -0.05) is 28.9 Å². The van der Waals surface area contributed by atoms with E-state index in [1.807, 2.05) is 0 Å². The van der Waals surface area contributed by atoms with Gasteiger partial charge in [0.25, 0.3) is 10.0 Å². The average molecular weight is 584 g/mol. The monoisotopic (exact) mass is 583 g/mol. The number of benzene rings is 2. The van der Waals surface area contributed by atoms with Gasteiger partial charge in [-0.3, -0.25) is 14.3 Å². The van der Waals surface area contributed by atoms with Crippen molar-refractivity contribution in [3.05, 3.63) is 70.4 Å². The fraction of sp³-hybridized carbons (Fsp3) is 0.320. The maximum absolute atomic E-state index is 13.1. The zero-order valence-electron chi connectivity index (χ0n) is 21.0. The Balaban J connectivity index is 1.95. The summed E-state index contributed by atoms with van der Waals surface area (Å²) >= 11 is 11.7. The van der Waals surface area contributed by atoms with Gasteiger partial charge in [0.05, 0.1) is 23.1 Å². The first-order chi connectivity index (χ1) is 17.9. The van der Waals surface area contributed by atoms with Crippen LogP contribution in [0.4, 0.5) is 11.5 Å². The van der Waals surface area contributed by atoms with Gasteiger partial charge in [0.15, 0.2) is 11.7 Å². The Morgan fingerprint density at radius 2 is 1.45 bits per heavy atom. The van der Waals surface area contributed by atoms with E-state index in [2.05, 4.69) is 19.7 Å². The summed E-state index contributed by atoms with van der Waals surface area (Å²) in [7, 11) is -3.99. The van der Waals surface area contributed by atoms with Gasteiger partial charge in [0.2, 0.25) is 5.22 Å². The van der Waals surface area contributed by atoms with Crippen LogP contribution in [0.1, 0.15) is 39.3 Å². The Morgan fingerprint density at radius 3 is 1.92 bits per heavy atom. The number of carbonyl (C=O) groups is 2. The molecule has 0 aliphatic heterocycles. The van der Waals surface area contributed by atoms with Gasteiger partial charge in [-0.15, -0.1) is 0 Å². The standard InChI is InChI=1S/C25H27Cl2N3O7S/c1-14(2)35-24(31)22(25(32)36-15(3)4)23(16-5-7-17(26)8-6-16)28-18-9-11-19(12-10-18)38(33,34)30-21-13-20(27)37-29-21/h5-15,22-23,28H,1-4H3,(H,29,30). The Hall–Kier alpha value is -3.28. The maximum atomic E-state index is 13.1. The van der Waals surface area contributed by atoms with E-state index in [1.165, 1.54) is 30.3 Å². The molecule has 2 aromatic carbocycles. The molecule has 0 amide bonds. The first kappa shape index (κ1) is 29.3. The number of anilines is 2. The Labute approximate surface area is 230 Å².